The maximum atomic E-state index is 12.2. The lowest BCUT2D eigenvalue weighted by Gasteiger charge is -2.29. The lowest BCUT2D eigenvalue weighted by molar-refractivity contribution is -0.143. The molecule has 0 aliphatic rings. The largest absolute Gasteiger partial charge is 0.480 e. The number of carboxylic acid groups (broad SMARTS) is 1. The monoisotopic (exact) mass is 776 g/mol. The molecule has 0 spiro atoms. The van der Waals surface area contributed by atoms with Gasteiger partial charge in [-0.25, -0.2) is 0 Å². The molecule has 1 unspecified atom stereocenters. The summed E-state index contributed by atoms with van der Waals surface area (Å²) < 4.78 is 0. The number of unbranched alkanes of at least 4 members (excludes halogenated alkanes) is 41. The molecule has 0 aliphatic carbocycles. The quantitative estimate of drug-likeness (QED) is 0.0626. The zero-order valence-corrected chi connectivity index (χ0v) is 38.6. The predicted molar refractivity (Wildman–Crippen MR) is 248 cm³/mol. The maximum absolute atomic E-state index is 12.2. The minimum Gasteiger partial charge on any atom is -0.480 e. The van der Waals surface area contributed by atoms with E-state index in [4.69, 9.17) is 0 Å². The van der Waals surface area contributed by atoms with E-state index in [2.05, 4.69) is 25.7 Å². The van der Waals surface area contributed by atoms with Crippen molar-refractivity contribution in [2.45, 2.75) is 316 Å². The number of carboxylic acids is 1. The van der Waals surface area contributed by atoms with Crippen LogP contribution in [0.2, 0.25) is 0 Å². The molecular weight excluding hydrogens is 671 g/mol. The molecule has 0 aromatic heterocycles. The highest BCUT2D eigenvalue weighted by molar-refractivity contribution is 5.73. The van der Waals surface area contributed by atoms with Crippen LogP contribution in [-0.2, 0) is 4.79 Å². The van der Waals surface area contributed by atoms with Gasteiger partial charge in [0.05, 0.1) is 0 Å². The van der Waals surface area contributed by atoms with Gasteiger partial charge in [0.1, 0.15) is 6.04 Å². The first-order valence-electron chi connectivity index (χ1n) is 26.1. The molecule has 0 bridgehead atoms. The maximum Gasteiger partial charge on any atom is 0.320 e. The molecule has 0 rings (SSSR count). The van der Waals surface area contributed by atoms with Crippen LogP contribution in [0.5, 0.6) is 0 Å². The van der Waals surface area contributed by atoms with Crippen molar-refractivity contribution in [1.29, 1.82) is 0 Å². The Morgan fingerprint density at radius 3 is 0.673 bits per heavy atom. The summed E-state index contributed by atoms with van der Waals surface area (Å²) in [5, 5.41) is 10.1. The summed E-state index contributed by atoms with van der Waals surface area (Å²) in [5.74, 6) is -0.597. The van der Waals surface area contributed by atoms with Crippen molar-refractivity contribution >= 4 is 5.97 Å². The molecule has 1 atom stereocenters. The highest BCUT2D eigenvalue weighted by Crippen LogP contribution is 2.19. The third kappa shape index (κ3) is 42.8. The Morgan fingerprint density at radius 2 is 0.491 bits per heavy atom. The normalized spacial score (nSPS) is 12.3. The van der Waals surface area contributed by atoms with E-state index >= 15 is 0 Å². The third-order valence-corrected chi connectivity index (χ3v) is 12.7. The first-order valence-corrected chi connectivity index (χ1v) is 26.1. The van der Waals surface area contributed by atoms with Crippen LogP contribution in [0.1, 0.15) is 310 Å². The summed E-state index contributed by atoms with van der Waals surface area (Å²) in [7, 11) is 0. The Labute approximate surface area is 348 Å². The van der Waals surface area contributed by atoms with E-state index in [1.165, 1.54) is 257 Å². The fourth-order valence-corrected chi connectivity index (χ4v) is 8.78. The number of carbonyl (C=O) groups is 1. The van der Waals surface area contributed by atoms with E-state index in [-0.39, 0.29) is 6.04 Å². The van der Waals surface area contributed by atoms with Gasteiger partial charge in [-0.3, -0.25) is 9.69 Å². The lowest BCUT2D eigenvalue weighted by Crippen LogP contribution is -2.42. The van der Waals surface area contributed by atoms with Crippen LogP contribution in [0.15, 0.2) is 0 Å². The van der Waals surface area contributed by atoms with Crippen molar-refractivity contribution in [1.82, 2.24) is 4.90 Å². The van der Waals surface area contributed by atoms with E-state index < -0.39 is 5.97 Å². The fourth-order valence-electron chi connectivity index (χ4n) is 8.78. The van der Waals surface area contributed by atoms with E-state index in [1.54, 1.807) is 0 Å². The molecule has 3 heteroatoms. The molecule has 0 radical (unpaired) electrons. The number of hydrogen-bond donors (Lipinski definition) is 1. The van der Waals surface area contributed by atoms with Crippen molar-refractivity contribution < 1.29 is 9.90 Å². The minimum atomic E-state index is -0.597. The van der Waals surface area contributed by atoms with Crippen molar-refractivity contribution in [2.24, 2.45) is 0 Å². The molecule has 0 heterocycles. The first-order chi connectivity index (χ1) is 27.2. The van der Waals surface area contributed by atoms with Gasteiger partial charge >= 0.3 is 5.97 Å². The summed E-state index contributed by atoms with van der Waals surface area (Å²) >= 11 is 0. The molecular formula is C52H105NO2. The topological polar surface area (TPSA) is 40.5 Å². The van der Waals surface area contributed by atoms with Gasteiger partial charge in [0, 0.05) is 0 Å². The second kappa shape index (κ2) is 47.8. The molecule has 0 saturated heterocycles. The van der Waals surface area contributed by atoms with Crippen molar-refractivity contribution in [2.75, 3.05) is 13.1 Å². The first kappa shape index (κ1) is 54.4. The van der Waals surface area contributed by atoms with Gasteiger partial charge in [0.25, 0.3) is 0 Å². The molecule has 0 saturated carbocycles. The standard InChI is InChI=1S/C52H105NO2/c1-4-7-10-12-14-16-18-20-22-24-26-28-30-32-34-36-38-40-42-44-46-49-53(51(52(54)55)48-9-6-3)50-47-45-43-41-39-37-35-33-31-29-27-25-23-21-19-17-15-13-11-8-5-2/h51H,4-50H2,1-3H3,(H,54,55). The Morgan fingerprint density at radius 1 is 0.309 bits per heavy atom. The molecule has 55 heavy (non-hydrogen) atoms. The number of hydrogen-bond acceptors (Lipinski definition) is 2. The zero-order chi connectivity index (χ0) is 40.0. The van der Waals surface area contributed by atoms with Gasteiger partial charge < -0.3 is 5.11 Å². The van der Waals surface area contributed by atoms with Gasteiger partial charge in [-0.2, -0.15) is 0 Å². The summed E-state index contributed by atoms with van der Waals surface area (Å²) in [6, 6.07) is -0.282. The van der Waals surface area contributed by atoms with Crippen LogP contribution in [-0.4, -0.2) is 35.1 Å². The molecule has 330 valence electrons. The fraction of sp³-hybridized carbons (Fsp3) is 0.981. The Bertz CT molecular complexity index is 664. The van der Waals surface area contributed by atoms with Gasteiger partial charge in [-0.1, -0.05) is 290 Å². The van der Waals surface area contributed by atoms with Crippen LogP contribution in [0.25, 0.3) is 0 Å². The summed E-state index contributed by atoms with van der Waals surface area (Å²) in [4.78, 5) is 14.6. The van der Waals surface area contributed by atoms with Gasteiger partial charge in [0.15, 0.2) is 0 Å². The van der Waals surface area contributed by atoms with Crippen LogP contribution in [0, 0.1) is 0 Å². The average Bonchev–Trinajstić information content (AvgIpc) is 3.18. The van der Waals surface area contributed by atoms with E-state index in [1.807, 2.05) is 0 Å². The Hall–Kier alpha value is -0.570. The van der Waals surface area contributed by atoms with Crippen LogP contribution < -0.4 is 0 Å². The molecule has 0 fully saturated rings. The average molecular weight is 776 g/mol. The summed E-state index contributed by atoms with van der Waals surface area (Å²) in [6.07, 6.45) is 62.0. The van der Waals surface area contributed by atoms with Crippen molar-refractivity contribution in [3.8, 4) is 0 Å². The van der Waals surface area contributed by atoms with Crippen LogP contribution >= 0.6 is 0 Å². The van der Waals surface area contributed by atoms with Crippen molar-refractivity contribution in [3.63, 3.8) is 0 Å². The molecule has 0 aromatic rings. The van der Waals surface area contributed by atoms with Crippen LogP contribution in [0.4, 0.5) is 0 Å². The second-order valence-corrected chi connectivity index (χ2v) is 18.2. The van der Waals surface area contributed by atoms with Gasteiger partial charge in [-0.15, -0.1) is 0 Å². The molecule has 1 N–H and O–H groups in total. The number of nitrogens with zero attached hydrogens (tertiary/aromatic N) is 1. The highest BCUT2D eigenvalue weighted by atomic mass is 16.4. The Balaban J connectivity index is 3.77. The van der Waals surface area contributed by atoms with Crippen molar-refractivity contribution in [3.05, 3.63) is 0 Å². The van der Waals surface area contributed by atoms with E-state index in [0.717, 1.165) is 45.2 Å². The summed E-state index contributed by atoms with van der Waals surface area (Å²) in [5.41, 5.74) is 0. The zero-order valence-electron chi connectivity index (χ0n) is 38.6. The predicted octanol–water partition coefficient (Wildman–Crippen LogP) is 18.4. The minimum absolute atomic E-state index is 0.282. The molecule has 0 aromatic carbocycles. The molecule has 0 aliphatic heterocycles. The number of aliphatic carboxylic acids is 1. The Kier molecular flexibility index (Phi) is 47.3. The molecule has 0 amide bonds. The molecule has 3 nitrogen and oxygen atoms in total. The third-order valence-electron chi connectivity index (χ3n) is 12.7. The second-order valence-electron chi connectivity index (χ2n) is 18.2. The summed E-state index contributed by atoms with van der Waals surface area (Å²) in [6.45, 7) is 8.73. The lowest BCUT2D eigenvalue weighted by atomic mass is 10.0. The smallest absolute Gasteiger partial charge is 0.320 e. The number of rotatable bonds is 49. The highest BCUT2D eigenvalue weighted by Gasteiger charge is 2.24. The van der Waals surface area contributed by atoms with E-state index in [9.17, 15) is 9.90 Å². The van der Waals surface area contributed by atoms with Gasteiger partial charge in [0.2, 0.25) is 0 Å². The van der Waals surface area contributed by atoms with Crippen LogP contribution in [0.3, 0.4) is 0 Å². The van der Waals surface area contributed by atoms with Gasteiger partial charge in [-0.05, 0) is 32.4 Å². The van der Waals surface area contributed by atoms with E-state index in [0.29, 0.717) is 0 Å². The SMILES string of the molecule is CCCCCCCCCCCCCCCCCCCCCCCN(CCCCCCCCCCCCCCCCCCCCCCC)C(CCCC)C(=O)O.